The standard InChI is InChI=1S/C34H30F6O/c1-2-3-4-5-6-7-23-8-10-24(11-9-23)12-13-25-15-19-29-28(20-25)18-17-27(32(29)37)16-14-26-21-30(35)33(31(36)22-26)41-34(38,39)40/h8-11,15,17-22H,2-7,14,16H2,1H3. The van der Waals surface area contributed by atoms with Crippen molar-refractivity contribution in [3.63, 3.8) is 0 Å². The lowest BCUT2D eigenvalue weighted by atomic mass is 9.99. The van der Waals surface area contributed by atoms with Gasteiger partial charge in [-0.05, 0) is 84.2 Å². The van der Waals surface area contributed by atoms with Gasteiger partial charge in [-0.1, -0.05) is 74.8 Å². The van der Waals surface area contributed by atoms with Crippen LogP contribution in [0.3, 0.4) is 0 Å². The van der Waals surface area contributed by atoms with Gasteiger partial charge in [-0.15, -0.1) is 13.2 Å². The average molecular weight is 569 g/mol. The van der Waals surface area contributed by atoms with E-state index in [9.17, 15) is 22.0 Å². The SMILES string of the molecule is CCCCCCCc1ccc(C#Cc2ccc3c(F)c(CCc4cc(F)c(OC(F)(F)F)c(F)c4)ccc3c2)cc1. The fourth-order valence-electron chi connectivity index (χ4n) is 4.69. The number of benzene rings is 4. The number of fused-ring (bicyclic) bond motifs is 1. The smallest absolute Gasteiger partial charge is 0.399 e. The molecule has 0 aliphatic carbocycles. The van der Waals surface area contributed by atoms with Crippen LogP contribution < -0.4 is 4.74 Å². The first-order valence-corrected chi connectivity index (χ1v) is 13.7. The van der Waals surface area contributed by atoms with E-state index >= 15 is 4.39 Å². The summed E-state index contributed by atoms with van der Waals surface area (Å²) in [4.78, 5) is 0. The number of alkyl halides is 3. The largest absolute Gasteiger partial charge is 0.573 e. The van der Waals surface area contributed by atoms with Crippen LogP contribution in [0.5, 0.6) is 5.75 Å². The summed E-state index contributed by atoms with van der Waals surface area (Å²) in [5, 5.41) is 1.03. The molecule has 0 fully saturated rings. The molecule has 4 aromatic carbocycles. The predicted octanol–water partition coefficient (Wildman–Crippen LogP) is 9.85. The van der Waals surface area contributed by atoms with Gasteiger partial charge in [-0.2, -0.15) is 0 Å². The van der Waals surface area contributed by atoms with Gasteiger partial charge in [-0.3, -0.25) is 0 Å². The van der Waals surface area contributed by atoms with Crippen molar-refractivity contribution in [1.82, 2.24) is 0 Å². The molecule has 0 aliphatic rings. The van der Waals surface area contributed by atoms with Crippen molar-refractivity contribution >= 4 is 10.8 Å². The van der Waals surface area contributed by atoms with E-state index in [1.165, 1.54) is 37.7 Å². The van der Waals surface area contributed by atoms with Gasteiger partial charge >= 0.3 is 6.36 Å². The molecule has 41 heavy (non-hydrogen) atoms. The Hall–Kier alpha value is -3.92. The molecular weight excluding hydrogens is 538 g/mol. The van der Waals surface area contributed by atoms with E-state index in [1.54, 1.807) is 30.3 Å². The Labute approximate surface area is 236 Å². The topological polar surface area (TPSA) is 9.23 Å². The highest BCUT2D eigenvalue weighted by Gasteiger charge is 2.34. The van der Waals surface area contributed by atoms with Gasteiger partial charge < -0.3 is 4.74 Å². The quantitative estimate of drug-likeness (QED) is 0.105. The lowest BCUT2D eigenvalue weighted by Crippen LogP contribution is -2.19. The minimum absolute atomic E-state index is 0.0176. The van der Waals surface area contributed by atoms with Crippen molar-refractivity contribution in [3.05, 3.63) is 112 Å². The van der Waals surface area contributed by atoms with E-state index in [0.29, 0.717) is 16.3 Å². The van der Waals surface area contributed by atoms with Crippen LogP contribution in [0, 0.1) is 29.3 Å². The maximum Gasteiger partial charge on any atom is 0.573 e. The molecule has 4 aromatic rings. The maximum absolute atomic E-state index is 15.2. The Kier molecular flexibility index (Phi) is 9.99. The van der Waals surface area contributed by atoms with E-state index in [2.05, 4.69) is 35.6 Å². The Balaban J connectivity index is 1.40. The van der Waals surface area contributed by atoms with Gasteiger partial charge in [-0.25, -0.2) is 13.2 Å². The molecule has 1 nitrogen and oxygen atoms in total. The number of hydrogen-bond acceptors (Lipinski definition) is 1. The number of aryl methyl sites for hydroxylation is 3. The molecule has 0 bridgehead atoms. The molecule has 0 atom stereocenters. The molecule has 0 radical (unpaired) electrons. The van der Waals surface area contributed by atoms with Crippen LogP contribution in [-0.2, 0) is 19.3 Å². The normalized spacial score (nSPS) is 11.4. The van der Waals surface area contributed by atoms with Crippen LogP contribution in [0.15, 0.2) is 66.7 Å². The highest BCUT2D eigenvalue weighted by molar-refractivity contribution is 5.85. The molecule has 0 spiro atoms. The third-order valence-corrected chi connectivity index (χ3v) is 6.87. The summed E-state index contributed by atoms with van der Waals surface area (Å²) in [6.45, 7) is 2.21. The van der Waals surface area contributed by atoms with Crippen LogP contribution in [-0.4, -0.2) is 6.36 Å². The van der Waals surface area contributed by atoms with Gasteiger partial charge in [0.2, 0.25) is 5.75 Å². The van der Waals surface area contributed by atoms with Crippen LogP contribution in [0.4, 0.5) is 26.3 Å². The van der Waals surface area contributed by atoms with E-state index in [1.807, 2.05) is 12.1 Å². The molecule has 0 saturated carbocycles. The number of unbranched alkanes of at least 4 members (excludes halogenated alkanes) is 4. The molecule has 0 amide bonds. The van der Waals surface area contributed by atoms with Gasteiger partial charge in [0, 0.05) is 16.5 Å². The van der Waals surface area contributed by atoms with Crippen LogP contribution >= 0.6 is 0 Å². The van der Waals surface area contributed by atoms with Gasteiger partial charge in [0.15, 0.2) is 11.6 Å². The summed E-state index contributed by atoms with van der Waals surface area (Å²) in [5.41, 5.74) is 3.33. The van der Waals surface area contributed by atoms with Crippen molar-refractivity contribution < 1.29 is 31.1 Å². The van der Waals surface area contributed by atoms with Crippen molar-refractivity contribution in [2.24, 2.45) is 0 Å². The van der Waals surface area contributed by atoms with E-state index < -0.39 is 29.6 Å². The molecule has 0 aliphatic heterocycles. The van der Waals surface area contributed by atoms with Crippen molar-refractivity contribution in [2.45, 2.75) is 64.7 Å². The fraction of sp³-hybridized carbons (Fsp3) is 0.294. The highest BCUT2D eigenvalue weighted by Crippen LogP contribution is 2.30. The summed E-state index contributed by atoms with van der Waals surface area (Å²) >= 11 is 0. The van der Waals surface area contributed by atoms with Gasteiger partial charge in [0.05, 0.1) is 0 Å². The van der Waals surface area contributed by atoms with Crippen LogP contribution in [0.25, 0.3) is 10.8 Å². The summed E-state index contributed by atoms with van der Waals surface area (Å²) in [5.74, 6) is 1.35. The first kappa shape index (κ1) is 30.0. The second kappa shape index (κ2) is 13.6. The highest BCUT2D eigenvalue weighted by atomic mass is 19.4. The fourth-order valence-corrected chi connectivity index (χ4v) is 4.69. The summed E-state index contributed by atoms with van der Waals surface area (Å²) in [6, 6.07) is 18.3. The molecule has 4 rings (SSSR count). The van der Waals surface area contributed by atoms with Crippen LogP contribution in [0.2, 0.25) is 0 Å². The average Bonchev–Trinajstić information content (AvgIpc) is 2.93. The lowest BCUT2D eigenvalue weighted by molar-refractivity contribution is -0.276. The van der Waals surface area contributed by atoms with Crippen molar-refractivity contribution in [1.29, 1.82) is 0 Å². The van der Waals surface area contributed by atoms with Crippen molar-refractivity contribution in [2.75, 3.05) is 0 Å². The molecule has 7 heteroatoms. The summed E-state index contributed by atoms with van der Waals surface area (Å²) in [6.07, 6.45) is 2.19. The van der Waals surface area contributed by atoms with Gasteiger partial charge in [0.1, 0.15) is 5.82 Å². The molecule has 0 saturated heterocycles. The van der Waals surface area contributed by atoms with E-state index in [0.717, 1.165) is 29.7 Å². The Morgan fingerprint density at radius 3 is 2.00 bits per heavy atom. The Morgan fingerprint density at radius 2 is 1.32 bits per heavy atom. The third kappa shape index (κ3) is 8.53. The monoisotopic (exact) mass is 568 g/mol. The number of rotatable bonds is 10. The number of ether oxygens (including phenoxy) is 1. The number of hydrogen-bond donors (Lipinski definition) is 0. The first-order chi connectivity index (χ1) is 19.6. The Morgan fingerprint density at radius 1 is 0.659 bits per heavy atom. The van der Waals surface area contributed by atoms with E-state index in [-0.39, 0.29) is 18.4 Å². The molecule has 0 heterocycles. The molecule has 0 aromatic heterocycles. The molecule has 214 valence electrons. The molecular formula is C34H30F6O. The minimum atomic E-state index is -5.22. The zero-order valence-corrected chi connectivity index (χ0v) is 22.7. The Bertz CT molecular complexity index is 1520. The lowest BCUT2D eigenvalue weighted by Gasteiger charge is -2.12. The first-order valence-electron chi connectivity index (χ1n) is 13.7. The predicted molar refractivity (Wildman–Crippen MR) is 149 cm³/mol. The van der Waals surface area contributed by atoms with Crippen LogP contribution in [0.1, 0.15) is 66.8 Å². The zero-order valence-electron chi connectivity index (χ0n) is 22.7. The third-order valence-electron chi connectivity index (χ3n) is 6.87. The zero-order chi connectivity index (χ0) is 29.4. The van der Waals surface area contributed by atoms with Crippen molar-refractivity contribution in [3.8, 4) is 17.6 Å². The minimum Gasteiger partial charge on any atom is -0.399 e. The summed E-state index contributed by atoms with van der Waals surface area (Å²) in [7, 11) is 0. The molecule has 0 N–H and O–H groups in total. The second-order valence-electron chi connectivity index (χ2n) is 10.0. The van der Waals surface area contributed by atoms with E-state index in [4.69, 9.17) is 0 Å². The molecule has 0 unspecified atom stereocenters. The van der Waals surface area contributed by atoms with Gasteiger partial charge in [0.25, 0.3) is 0 Å². The maximum atomic E-state index is 15.2. The number of halogens is 6. The summed E-state index contributed by atoms with van der Waals surface area (Å²) < 4.78 is 83.7. The second-order valence-corrected chi connectivity index (χ2v) is 10.0.